The van der Waals surface area contributed by atoms with Gasteiger partial charge in [-0.1, -0.05) is 5.21 Å². The fraction of sp³-hybridized carbons (Fsp3) is 0.294. The van der Waals surface area contributed by atoms with Crippen LogP contribution >= 0.6 is 0 Å². The maximum atomic E-state index is 12.6. The highest BCUT2D eigenvalue weighted by molar-refractivity contribution is 5.94. The van der Waals surface area contributed by atoms with E-state index in [1.165, 1.54) is 10.9 Å². The molecule has 2 aromatic heterocycles. The summed E-state index contributed by atoms with van der Waals surface area (Å²) in [5.41, 5.74) is 9.53. The lowest BCUT2D eigenvalue weighted by Gasteiger charge is -2.11. The lowest BCUT2D eigenvalue weighted by Crippen LogP contribution is -2.23. The molecule has 2 heterocycles. The first-order chi connectivity index (χ1) is 14.0. The standard InChI is InChI=1S/C17H21N9O3/c1-4-28-12-7-5-11(6-8-12)9-19-21-17(27)14-13(10-25(2)3)26(24-20-14)16-15(18)22-29-23-16/h5-9H,4,10H2,1-3H3,(H2,18,22)(H,21,27)/b19-9+. The summed E-state index contributed by atoms with van der Waals surface area (Å²) in [6, 6.07) is 7.30. The van der Waals surface area contributed by atoms with Crippen LogP contribution in [0.15, 0.2) is 34.0 Å². The van der Waals surface area contributed by atoms with Crippen LogP contribution in [0.4, 0.5) is 5.82 Å². The first-order valence-corrected chi connectivity index (χ1v) is 8.73. The second kappa shape index (κ2) is 8.93. The maximum Gasteiger partial charge on any atom is 0.293 e. The first kappa shape index (κ1) is 19.9. The molecule has 152 valence electrons. The number of nitrogens with one attached hydrogen (secondary N) is 1. The van der Waals surface area contributed by atoms with Crippen LogP contribution < -0.4 is 15.9 Å². The summed E-state index contributed by atoms with van der Waals surface area (Å²) < 4.78 is 11.3. The number of hydrogen-bond donors (Lipinski definition) is 2. The molecule has 0 bridgehead atoms. The normalized spacial score (nSPS) is 11.3. The number of nitrogens with zero attached hydrogens (tertiary/aromatic N) is 7. The molecule has 0 atom stereocenters. The molecular formula is C17H21N9O3. The molecular weight excluding hydrogens is 378 g/mol. The Bertz CT molecular complexity index is 992. The van der Waals surface area contributed by atoms with E-state index in [1.54, 1.807) is 0 Å². The van der Waals surface area contributed by atoms with Gasteiger partial charge in [0, 0.05) is 6.54 Å². The Kier molecular flexibility index (Phi) is 6.14. The fourth-order valence-corrected chi connectivity index (χ4v) is 2.46. The highest BCUT2D eigenvalue weighted by atomic mass is 16.6. The molecule has 0 saturated heterocycles. The number of hydrazone groups is 1. The molecule has 12 heteroatoms. The van der Waals surface area contributed by atoms with Crippen LogP contribution in [0.5, 0.6) is 5.75 Å². The summed E-state index contributed by atoms with van der Waals surface area (Å²) in [6.07, 6.45) is 1.52. The van der Waals surface area contributed by atoms with Crippen molar-refractivity contribution in [3.8, 4) is 11.6 Å². The van der Waals surface area contributed by atoms with Gasteiger partial charge < -0.3 is 15.4 Å². The maximum absolute atomic E-state index is 12.6. The van der Waals surface area contributed by atoms with Gasteiger partial charge in [-0.3, -0.25) is 4.79 Å². The zero-order chi connectivity index (χ0) is 20.8. The van der Waals surface area contributed by atoms with Crippen LogP contribution in [-0.2, 0) is 6.54 Å². The molecule has 0 radical (unpaired) electrons. The van der Waals surface area contributed by atoms with Gasteiger partial charge in [0.2, 0.25) is 11.6 Å². The van der Waals surface area contributed by atoms with Crippen molar-refractivity contribution >= 4 is 17.9 Å². The minimum absolute atomic E-state index is 0.0374. The Morgan fingerprint density at radius 1 is 1.34 bits per heavy atom. The van der Waals surface area contributed by atoms with E-state index in [1.807, 2.05) is 50.2 Å². The molecule has 1 amide bonds. The van der Waals surface area contributed by atoms with Crippen molar-refractivity contribution in [3.63, 3.8) is 0 Å². The zero-order valence-corrected chi connectivity index (χ0v) is 16.2. The summed E-state index contributed by atoms with van der Waals surface area (Å²) >= 11 is 0. The third-order valence-electron chi connectivity index (χ3n) is 3.71. The van der Waals surface area contributed by atoms with Gasteiger partial charge in [0.15, 0.2) is 5.69 Å². The minimum atomic E-state index is -0.523. The number of aromatic nitrogens is 5. The van der Waals surface area contributed by atoms with Crippen molar-refractivity contribution in [3.05, 3.63) is 41.2 Å². The summed E-state index contributed by atoms with van der Waals surface area (Å²) in [5.74, 6) is 0.437. The highest BCUT2D eigenvalue weighted by Crippen LogP contribution is 2.17. The van der Waals surface area contributed by atoms with Gasteiger partial charge in [-0.2, -0.15) is 9.78 Å². The van der Waals surface area contributed by atoms with Gasteiger partial charge in [0.25, 0.3) is 5.91 Å². The number of nitrogens with two attached hydrogens (primary N) is 1. The minimum Gasteiger partial charge on any atom is -0.494 e. The topological polar surface area (TPSA) is 150 Å². The second-order valence-electron chi connectivity index (χ2n) is 6.21. The Morgan fingerprint density at radius 2 is 2.10 bits per heavy atom. The van der Waals surface area contributed by atoms with Crippen LogP contribution in [-0.4, -0.2) is 63.0 Å². The number of ether oxygens (including phenoxy) is 1. The number of carbonyl (C=O) groups excluding carboxylic acids is 1. The van der Waals surface area contributed by atoms with E-state index >= 15 is 0 Å². The smallest absolute Gasteiger partial charge is 0.293 e. The Labute approximate surface area is 166 Å². The summed E-state index contributed by atoms with van der Waals surface area (Å²) in [6.45, 7) is 2.86. The van der Waals surface area contributed by atoms with Crippen LogP contribution in [0.3, 0.4) is 0 Å². The van der Waals surface area contributed by atoms with Gasteiger partial charge in [-0.05, 0) is 61.2 Å². The summed E-state index contributed by atoms with van der Waals surface area (Å²) in [5, 5.41) is 19.1. The lowest BCUT2D eigenvalue weighted by atomic mass is 10.2. The van der Waals surface area contributed by atoms with E-state index in [2.05, 4.69) is 35.8 Å². The van der Waals surface area contributed by atoms with Crippen LogP contribution in [0.2, 0.25) is 0 Å². The number of carbonyl (C=O) groups is 1. The van der Waals surface area contributed by atoms with Crippen molar-refractivity contribution in [2.75, 3.05) is 26.4 Å². The molecule has 0 unspecified atom stereocenters. The lowest BCUT2D eigenvalue weighted by molar-refractivity contribution is 0.0948. The second-order valence-corrected chi connectivity index (χ2v) is 6.21. The fourth-order valence-electron chi connectivity index (χ4n) is 2.46. The van der Waals surface area contributed by atoms with Gasteiger partial charge in [-0.15, -0.1) is 5.10 Å². The van der Waals surface area contributed by atoms with Crippen molar-refractivity contribution in [1.82, 2.24) is 35.6 Å². The molecule has 0 fully saturated rings. The SMILES string of the molecule is CCOc1ccc(/C=N/NC(=O)c2nnn(-c3nonc3N)c2CN(C)C)cc1. The van der Waals surface area contributed by atoms with Crippen LogP contribution in [0.1, 0.15) is 28.7 Å². The van der Waals surface area contributed by atoms with Crippen molar-refractivity contribution in [2.45, 2.75) is 13.5 Å². The zero-order valence-electron chi connectivity index (χ0n) is 16.2. The number of amides is 1. The monoisotopic (exact) mass is 399 g/mol. The van der Waals surface area contributed by atoms with Crippen molar-refractivity contribution in [1.29, 1.82) is 0 Å². The largest absolute Gasteiger partial charge is 0.494 e. The molecule has 3 aromatic rings. The van der Waals surface area contributed by atoms with E-state index in [4.69, 9.17) is 10.5 Å². The summed E-state index contributed by atoms with van der Waals surface area (Å²) in [4.78, 5) is 14.4. The Balaban J connectivity index is 1.76. The van der Waals surface area contributed by atoms with E-state index in [-0.39, 0.29) is 17.3 Å². The predicted octanol–water partition coefficient (Wildman–Crippen LogP) is 0.457. The van der Waals surface area contributed by atoms with Crippen molar-refractivity contribution < 1.29 is 14.2 Å². The van der Waals surface area contributed by atoms with Gasteiger partial charge >= 0.3 is 0 Å². The molecule has 0 aliphatic carbocycles. The first-order valence-electron chi connectivity index (χ1n) is 8.73. The van der Waals surface area contributed by atoms with Gasteiger partial charge in [0.1, 0.15) is 5.75 Å². The van der Waals surface area contributed by atoms with E-state index < -0.39 is 5.91 Å². The third-order valence-corrected chi connectivity index (χ3v) is 3.71. The quantitative estimate of drug-likeness (QED) is 0.407. The van der Waals surface area contributed by atoms with Crippen LogP contribution in [0.25, 0.3) is 5.82 Å². The predicted molar refractivity (Wildman–Crippen MR) is 104 cm³/mol. The average molecular weight is 399 g/mol. The van der Waals surface area contributed by atoms with Crippen molar-refractivity contribution in [2.24, 2.45) is 5.10 Å². The molecule has 0 spiro atoms. The third kappa shape index (κ3) is 4.73. The molecule has 12 nitrogen and oxygen atoms in total. The van der Waals surface area contributed by atoms with Gasteiger partial charge in [-0.25, -0.2) is 10.1 Å². The molecule has 0 saturated carbocycles. The molecule has 0 aliphatic rings. The van der Waals surface area contributed by atoms with Gasteiger partial charge in [0.05, 0.1) is 18.5 Å². The number of rotatable bonds is 8. The van der Waals surface area contributed by atoms with E-state index in [9.17, 15) is 4.79 Å². The molecule has 0 aliphatic heterocycles. The number of nitrogen functional groups attached to an aromatic ring is 1. The number of hydrogen-bond acceptors (Lipinski definition) is 10. The summed E-state index contributed by atoms with van der Waals surface area (Å²) in [7, 11) is 3.68. The van der Waals surface area contributed by atoms with Crippen LogP contribution in [0, 0.1) is 0 Å². The Morgan fingerprint density at radius 3 is 2.72 bits per heavy atom. The molecule has 3 N–H and O–H groups in total. The number of anilines is 1. The highest BCUT2D eigenvalue weighted by Gasteiger charge is 2.24. The van der Waals surface area contributed by atoms with E-state index in [0.717, 1.165) is 11.3 Å². The molecule has 29 heavy (non-hydrogen) atoms. The average Bonchev–Trinajstić information content (AvgIpc) is 3.28. The molecule has 1 aromatic carbocycles. The molecule has 3 rings (SSSR count). The van der Waals surface area contributed by atoms with E-state index in [0.29, 0.717) is 18.8 Å². The Hall–Kier alpha value is -3.80. The number of benzene rings is 1.